The van der Waals surface area contributed by atoms with Gasteiger partial charge in [0, 0.05) is 18.7 Å². The maximum Gasteiger partial charge on any atom is 0.354 e. The second kappa shape index (κ2) is 4.10. The van der Waals surface area contributed by atoms with Gasteiger partial charge in [-0.05, 0) is 25.0 Å². The Morgan fingerprint density at radius 2 is 2.39 bits per heavy atom. The van der Waals surface area contributed by atoms with Gasteiger partial charge in [-0.2, -0.15) is 0 Å². The summed E-state index contributed by atoms with van der Waals surface area (Å²) in [5.74, 6) is -0.841. The number of ether oxygens (including phenoxy) is 1. The maximum atomic E-state index is 11.5. The Kier molecular flexibility index (Phi) is 2.56. The molecule has 3 heterocycles. The van der Waals surface area contributed by atoms with Crippen LogP contribution >= 0.6 is 0 Å². The van der Waals surface area contributed by atoms with Gasteiger partial charge in [0.1, 0.15) is 5.65 Å². The van der Waals surface area contributed by atoms with Crippen LogP contribution in [0.2, 0.25) is 0 Å². The number of hydrogen-bond donors (Lipinski definition) is 1. The van der Waals surface area contributed by atoms with E-state index in [0.717, 1.165) is 12.0 Å². The van der Waals surface area contributed by atoms with Crippen molar-refractivity contribution < 1.29 is 14.6 Å². The first-order valence-electron chi connectivity index (χ1n) is 5.96. The van der Waals surface area contributed by atoms with Gasteiger partial charge in [-0.3, -0.25) is 4.40 Å². The first-order chi connectivity index (χ1) is 8.66. The molecule has 1 saturated heterocycles. The minimum Gasteiger partial charge on any atom is -0.477 e. The summed E-state index contributed by atoms with van der Waals surface area (Å²) >= 11 is 0. The minimum atomic E-state index is -0.935. The molecule has 1 aliphatic heterocycles. The van der Waals surface area contributed by atoms with E-state index in [2.05, 4.69) is 4.98 Å². The number of aromatic carboxylic acids is 1. The third-order valence-corrected chi connectivity index (χ3v) is 3.31. The van der Waals surface area contributed by atoms with Crippen LogP contribution in [-0.4, -0.2) is 33.7 Å². The number of hydrogen-bond acceptors (Lipinski definition) is 3. The fraction of sp³-hybridized carbons (Fsp3) is 0.385. The number of carboxylic acid groups (broad SMARTS) is 1. The molecule has 1 fully saturated rings. The lowest BCUT2D eigenvalue weighted by Crippen LogP contribution is -2.09. The molecular formula is C13H14N2O3. The number of nitrogens with zero attached hydrogens (tertiary/aromatic N) is 2. The number of rotatable bonds is 2. The predicted molar refractivity (Wildman–Crippen MR) is 65.1 cm³/mol. The molecule has 0 spiro atoms. The molecule has 2 aromatic heterocycles. The number of carboxylic acids is 1. The van der Waals surface area contributed by atoms with Crippen LogP contribution in [0.1, 0.15) is 34.1 Å². The van der Waals surface area contributed by atoms with E-state index in [1.165, 1.54) is 0 Å². The summed E-state index contributed by atoms with van der Waals surface area (Å²) in [5.41, 5.74) is 2.60. The van der Waals surface area contributed by atoms with Gasteiger partial charge in [-0.15, -0.1) is 0 Å². The minimum absolute atomic E-state index is 0.0938. The Labute approximate surface area is 104 Å². The number of aromatic nitrogens is 2. The average molecular weight is 246 g/mol. The molecule has 5 nitrogen and oxygen atoms in total. The first-order valence-corrected chi connectivity index (χ1v) is 5.96. The number of aryl methyl sites for hydroxylation is 1. The molecular weight excluding hydrogens is 232 g/mol. The first kappa shape index (κ1) is 11.2. The Balaban J connectivity index is 2.23. The van der Waals surface area contributed by atoms with Crippen molar-refractivity contribution in [2.45, 2.75) is 19.3 Å². The van der Waals surface area contributed by atoms with Gasteiger partial charge in [0.2, 0.25) is 0 Å². The monoisotopic (exact) mass is 246 g/mol. The molecule has 0 radical (unpaired) electrons. The third-order valence-electron chi connectivity index (χ3n) is 3.31. The fourth-order valence-electron chi connectivity index (χ4n) is 2.42. The average Bonchev–Trinajstić information content (AvgIpc) is 2.94. The summed E-state index contributed by atoms with van der Waals surface area (Å²) in [7, 11) is 0. The standard InChI is InChI=1S/C13H14N2O3/c1-8-2-3-10-14-11(9-4-5-18-7-9)12(13(16)17)15(10)6-8/h2-3,6,9H,4-5,7H2,1H3,(H,16,17). The van der Waals surface area contributed by atoms with Gasteiger partial charge in [0.15, 0.2) is 5.69 Å². The fourth-order valence-corrected chi connectivity index (χ4v) is 2.42. The van der Waals surface area contributed by atoms with Crippen LogP contribution < -0.4 is 0 Å². The molecule has 18 heavy (non-hydrogen) atoms. The Hall–Kier alpha value is -1.88. The van der Waals surface area contributed by atoms with Crippen molar-refractivity contribution in [2.75, 3.05) is 13.2 Å². The number of imidazole rings is 1. The van der Waals surface area contributed by atoms with Crippen molar-refractivity contribution in [1.82, 2.24) is 9.38 Å². The molecule has 94 valence electrons. The van der Waals surface area contributed by atoms with Gasteiger partial charge < -0.3 is 9.84 Å². The van der Waals surface area contributed by atoms with Crippen molar-refractivity contribution in [3.63, 3.8) is 0 Å². The van der Waals surface area contributed by atoms with Gasteiger partial charge in [0.05, 0.1) is 12.3 Å². The lowest BCUT2D eigenvalue weighted by molar-refractivity contribution is 0.0687. The van der Waals surface area contributed by atoms with E-state index >= 15 is 0 Å². The van der Waals surface area contributed by atoms with Crippen molar-refractivity contribution in [3.8, 4) is 0 Å². The third kappa shape index (κ3) is 1.67. The summed E-state index contributed by atoms with van der Waals surface area (Å²) in [6.45, 7) is 3.17. The largest absolute Gasteiger partial charge is 0.477 e. The smallest absolute Gasteiger partial charge is 0.354 e. The second-order valence-electron chi connectivity index (χ2n) is 4.65. The second-order valence-corrected chi connectivity index (χ2v) is 4.65. The van der Waals surface area contributed by atoms with Gasteiger partial charge in [0.25, 0.3) is 0 Å². The number of pyridine rings is 1. The van der Waals surface area contributed by atoms with Crippen LogP contribution in [0.15, 0.2) is 18.3 Å². The predicted octanol–water partition coefficient (Wildman–Crippen LogP) is 1.84. The van der Waals surface area contributed by atoms with Crippen molar-refractivity contribution in [3.05, 3.63) is 35.3 Å². The SMILES string of the molecule is Cc1ccc2nc(C3CCOC3)c(C(=O)O)n2c1. The van der Waals surface area contributed by atoms with Gasteiger partial charge in [-0.25, -0.2) is 9.78 Å². The van der Waals surface area contributed by atoms with E-state index in [9.17, 15) is 9.90 Å². The summed E-state index contributed by atoms with van der Waals surface area (Å²) in [5, 5.41) is 9.40. The van der Waals surface area contributed by atoms with E-state index in [1.54, 1.807) is 4.40 Å². The van der Waals surface area contributed by atoms with Crippen molar-refractivity contribution in [2.24, 2.45) is 0 Å². The van der Waals surface area contributed by atoms with Gasteiger partial charge >= 0.3 is 5.97 Å². The maximum absolute atomic E-state index is 11.5. The molecule has 3 rings (SSSR count). The zero-order chi connectivity index (χ0) is 12.7. The molecule has 1 N–H and O–H groups in total. The van der Waals surface area contributed by atoms with Crippen LogP contribution in [0.5, 0.6) is 0 Å². The molecule has 1 unspecified atom stereocenters. The molecule has 1 atom stereocenters. The molecule has 0 saturated carbocycles. The Bertz CT molecular complexity index is 612. The highest BCUT2D eigenvalue weighted by atomic mass is 16.5. The summed E-state index contributed by atoms with van der Waals surface area (Å²) < 4.78 is 6.98. The molecule has 0 aliphatic carbocycles. The molecule has 2 aromatic rings. The topological polar surface area (TPSA) is 63.8 Å². The van der Waals surface area contributed by atoms with E-state index in [0.29, 0.717) is 24.6 Å². The zero-order valence-electron chi connectivity index (χ0n) is 10.1. The van der Waals surface area contributed by atoms with Gasteiger partial charge in [-0.1, -0.05) is 6.07 Å². The molecule has 1 aliphatic rings. The molecule has 0 aromatic carbocycles. The number of carbonyl (C=O) groups is 1. The Morgan fingerprint density at radius 3 is 3.06 bits per heavy atom. The van der Waals surface area contributed by atoms with Crippen LogP contribution in [0.4, 0.5) is 0 Å². The highest BCUT2D eigenvalue weighted by molar-refractivity contribution is 5.88. The van der Waals surface area contributed by atoms with Crippen LogP contribution in [0, 0.1) is 6.92 Å². The van der Waals surface area contributed by atoms with E-state index in [4.69, 9.17) is 4.74 Å². The van der Waals surface area contributed by atoms with Crippen LogP contribution in [0.3, 0.4) is 0 Å². The summed E-state index contributed by atoms with van der Waals surface area (Å²) in [4.78, 5) is 15.9. The zero-order valence-corrected chi connectivity index (χ0v) is 10.1. The van der Waals surface area contributed by atoms with Crippen LogP contribution in [-0.2, 0) is 4.74 Å². The highest BCUT2D eigenvalue weighted by Crippen LogP contribution is 2.28. The highest BCUT2D eigenvalue weighted by Gasteiger charge is 2.28. The lowest BCUT2D eigenvalue weighted by atomic mass is 10.0. The molecule has 0 amide bonds. The number of fused-ring (bicyclic) bond motifs is 1. The molecule has 5 heteroatoms. The van der Waals surface area contributed by atoms with Crippen molar-refractivity contribution in [1.29, 1.82) is 0 Å². The van der Waals surface area contributed by atoms with E-state index in [1.807, 2.05) is 25.3 Å². The summed E-state index contributed by atoms with van der Waals surface area (Å²) in [6, 6.07) is 3.78. The van der Waals surface area contributed by atoms with E-state index in [-0.39, 0.29) is 11.6 Å². The van der Waals surface area contributed by atoms with Crippen molar-refractivity contribution >= 4 is 11.6 Å². The molecule has 0 bridgehead atoms. The lowest BCUT2D eigenvalue weighted by Gasteiger charge is -2.05. The normalized spacial score (nSPS) is 19.5. The summed E-state index contributed by atoms with van der Waals surface area (Å²) in [6.07, 6.45) is 2.65. The Morgan fingerprint density at radius 1 is 1.56 bits per heavy atom. The quantitative estimate of drug-likeness (QED) is 0.878. The van der Waals surface area contributed by atoms with Crippen LogP contribution in [0.25, 0.3) is 5.65 Å². The van der Waals surface area contributed by atoms with E-state index < -0.39 is 5.97 Å².